The average molecular weight is 313 g/mol. The van der Waals surface area contributed by atoms with Crippen molar-refractivity contribution in [2.45, 2.75) is 57.5 Å². The molecule has 1 saturated heterocycles. The lowest BCUT2D eigenvalue weighted by molar-refractivity contribution is 0.0719. The van der Waals surface area contributed by atoms with Gasteiger partial charge in [0.15, 0.2) is 0 Å². The molecule has 2 aromatic heterocycles. The van der Waals surface area contributed by atoms with Crippen LogP contribution < -0.4 is 0 Å². The maximum Gasteiger partial charge on any atom is 0.271 e. The molecule has 122 valence electrons. The van der Waals surface area contributed by atoms with Crippen LogP contribution in [0.25, 0.3) is 0 Å². The number of hydrogen-bond acceptors (Lipinski definition) is 3. The first-order valence-electron chi connectivity index (χ1n) is 8.59. The summed E-state index contributed by atoms with van der Waals surface area (Å²) in [7, 11) is 0. The van der Waals surface area contributed by atoms with Gasteiger partial charge in [0.05, 0.1) is 6.04 Å². The van der Waals surface area contributed by atoms with Crippen molar-refractivity contribution in [3.05, 3.63) is 41.5 Å². The molecule has 0 radical (unpaired) electrons. The summed E-state index contributed by atoms with van der Waals surface area (Å²) >= 11 is 0. The predicted molar refractivity (Wildman–Crippen MR) is 86.3 cm³/mol. The minimum absolute atomic E-state index is 0.0429. The van der Waals surface area contributed by atoms with E-state index in [4.69, 9.17) is 4.52 Å². The standard InChI is InChI=1S/C18H23N3O2/c1-12(2)17-11-14(19-23-17)15-5-3-10-21(15)18(22)16-6-4-9-20(16)13-7-8-13/h4,6,9,11-13,15H,3,5,7-8,10H2,1-2H3/t15-/m0/s1. The van der Waals surface area contributed by atoms with Gasteiger partial charge in [0, 0.05) is 30.8 Å². The van der Waals surface area contributed by atoms with Crippen molar-refractivity contribution in [3.63, 3.8) is 0 Å². The molecule has 3 heterocycles. The van der Waals surface area contributed by atoms with Crippen molar-refractivity contribution < 1.29 is 9.32 Å². The Morgan fingerprint density at radius 3 is 2.87 bits per heavy atom. The highest BCUT2D eigenvalue weighted by Crippen LogP contribution is 2.38. The molecule has 5 heteroatoms. The van der Waals surface area contributed by atoms with Crippen LogP contribution in [0, 0.1) is 0 Å². The summed E-state index contributed by atoms with van der Waals surface area (Å²) in [5.41, 5.74) is 1.70. The Morgan fingerprint density at radius 2 is 2.17 bits per heavy atom. The molecule has 4 rings (SSSR count). The number of amides is 1. The van der Waals surface area contributed by atoms with Crippen LogP contribution in [0.15, 0.2) is 28.9 Å². The molecule has 2 aliphatic rings. The Bertz CT molecular complexity index is 711. The molecule has 0 N–H and O–H groups in total. The molecule has 0 spiro atoms. The highest BCUT2D eigenvalue weighted by atomic mass is 16.5. The van der Waals surface area contributed by atoms with Crippen LogP contribution in [0.5, 0.6) is 0 Å². The third-order valence-corrected chi connectivity index (χ3v) is 4.91. The van der Waals surface area contributed by atoms with Crippen LogP contribution in [0.1, 0.15) is 79.5 Å². The zero-order valence-corrected chi connectivity index (χ0v) is 13.7. The second kappa shape index (κ2) is 5.55. The monoisotopic (exact) mass is 313 g/mol. The van der Waals surface area contributed by atoms with Gasteiger partial charge in [-0.25, -0.2) is 0 Å². The number of likely N-dealkylation sites (tertiary alicyclic amines) is 1. The van der Waals surface area contributed by atoms with E-state index in [0.717, 1.165) is 36.5 Å². The fourth-order valence-corrected chi connectivity index (χ4v) is 3.44. The third-order valence-electron chi connectivity index (χ3n) is 4.91. The molecule has 2 aromatic rings. The fourth-order valence-electron chi connectivity index (χ4n) is 3.44. The van der Waals surface area contributed by atoms with Crippen LogP contribution in [0.4, 0.5) is 0 Å². The normalized spacial score (nSPS) is 21.3. The lowest BCUT2D eigenvalue weighted by atomic mass is 10.1. The highest BCUT2D eigenvalue weighted by Gasteiger charge is 2.35. The van der Waals surface area contributed by atoms with Gasteiger partial charge in [-0.2, -0.15) is 0 Å². The van der Waals surface area contributed by atoms with E-state index < -0.39 is 0 Å². The molecule has 1 aliphatic heterocycles. The topological polar surface area (TPSA) is 51.3 Å². The number of carbonyl (C=O) groups excluding carboxylic acids is 1. The molecular weight excluding hydrogens is 290 g/mol. The van der Waals surface area contributed by atoms with Gasteiger partial charge in [0.25, 0.3) is 5.91 Å². The van der Waals surface area contributed by atoms with E-state index in [1.54, 1.807) is 0 Å². The molecule has 0 unspecified atom stereocenters. The van der Waals surface area contributed by atoms with E-state index in [2.05, 4.69) is 23.6 Å². The van der Waals surface area contributed by atoms with Crippen LogP contribution in [-0.4, -0.2) is 27.1 Å². The first kappa shape index (κ1) is 14.5. The largest absolute Gasteiger partial charge is 0.361 e. The average Bonchev–Trinajstić information content (AvgIpc) is 3.02. The summed E-state index contributed by atoms with van der Waals surface area (Å²) in [5.74, 6) is 1.33. The summed E-state index contributed by atoms with van der Waals surface area (Å²) in [6, 6.07) is 6.49. The SMILES string of the molecule is CC(C)c1cc([C@@H]2CCCN2C(=O)c2cccn2C2CC2)no1. The van der Waals surface area contributed by atoms with Gasteiger partial charge in [-0.15, -0.1) is 0 Å². The molecular formula is C18H23N3O2. The smallest absolute Gasteiger partial charge is 0.271 e. The van der Waals surface area contributed by atoms with E-state index in [9.17, 15) is 4.79 Å². The van der Waals surface area contributed by atoms with Gasteiger partial charge in [0.1, 0.15) is 17.1 Å². The number of hydrogen-bond donors (Lipinski definition) is 0. The molecule has 1 atom stereocenters. The van der Waals surface area contributed by atoms with Gasteiger partial charge < -0.3 is 14.0 Å². The number of aromatic nitrogens is 2. The van der Waals surface area contributed by atoms with E-state index in [1.807, 2.05) is 29.3 Å². The Hall–Kier alpha value is -2.04. The quantitative estimate of drug-likeness (QED) is 0.860. The van der Waals surface area contributed by atoms with Gasteiger partial charge in [-0.1, -0.05) is 19.0 Å². The van der Waals surface area contributed by atoms with Crippen LogP contribution in [-0.2, 0) is 0 Å². The molecule has 1 saturated carbocycles. The zero-order valence-electron chi connectivity index (χ0n) is 13.7. The third kappa shape index (κ3) is 2.58. The highest BCUT2D eigenvalue weighted by molar-refractivity contribution is 5.93. The van der Waals surface area contributed by atoms with Gasteiger partial charge >= 0.3 is 0 Å². The maximum absolute atomic E-state index is 13.0. The second-order valence-corrected chi connectivity index (χ2v) is 7.00. The van der Waals surface area contributed by atoms with Crippen molar-refractivity contribution in [2.24, 2.45) is 0 Å². The summed E-state index contributed by atoms with van der Waals surface area (Å²) in [5, 5.41) is 4.23. The molecule has 2 fully saturated rings. The maximum atomic E-state index is 13.0. The van der Waals surface area contributed by atoms with Crippen molar-refractivity contribution in [1.29, 1.82) is 0 Å². The van der Waals surface area contributed by atoms with Gasteiger partial charge in [-0.05, 0) is 37.8 Å². The fraction of sp³-hybridized carbons (Fsp3) is 0.556. The van der Waals surface area contributed by atoms with Gasteiger partial charge in [0.2, 0.25) is 0 Å². The molecule has 0 aromatic carbocycles. The van der Waals surface area contributed by atoms with Crippen LogP contribution >= 0.6 is 0 Å². The van der Waals surface area contributed by atoms with Crippen molar-refractivity contribution >= 4 is 5.91 Å². The predicted octanol–water partition coefficient (Wildman–Crippen LogP) is 3.91. The van der Waals surface area contributed by atoms with Crippen molar-refractivity contribution in [1.82, 2.24) is 14.6 Å². The van der Waals surface area contributed by atoms with Crippen molar-refractivity contribution in [3.8, 4) is 0 Å². The molecule has 0 bridgehead atoms. The Kier molecular flexibility index (Phi) is 3.51. The summed E-state index contributed by atoms with van der Waals surface area (Å²) in [6.07, 6.45) is 6.37. The number of carbonyl (C=O) groups is 1. The van der Waals surface area contributed by atoms with Crippen LogP contribution in [0.2, 0.25) is 0 Å². The van der Waals surface area contributed by atoms with Crippen LogP contribution in [0.3, 0.4) is 0 Å². The van der Waals surface area contributed by atoms with E-state index in [-0.39, 0.29) is 11.9 Å². The molecule has 1 amide bonds. The first-order valence-corrected chi connectivity index (χ1v) is 8.59. The Labute approximate surface area is 136 Å². The zero-order chi connectivity index (χ0) is 16.0. The summed E-state index contributed by atoms with van der Waals surface area (Å²) in [4.78, 5) is 15.0. The molecule has 1 aliphatic carbocycles. The summed E-state index contributed by atoms with van der Waals surface area (Å²) < 4.78 is 7.57. The van der Waals surface area contributed by atoms with E-state index >= 15 is 0 Å². The lowest BCUT2D eigenvalue weighted by Crippen LogP contribution is -2.32. The minimum atomic E-state index is 0.0429. The van der Waals surface area contributed by atoms with E-state index in [0.29, 0.717) is 12.0 Å². The van der Waals surface area contributed by atoms with Crippen molar-refractivity contribution in [2.75, 3.05) is 6.54 Å². The number of rotatable bonds is 4. The number of nitrogens with zero attached hydrogens (tertiary/aromatic N) is 3. The summed E-state index contributed by atoms with van der Waals surface area (Å²) in [6.45, 7) is 4.97. The minimum Gasteiger partial charge on any atom is -0.361 e. The van der Waals surface area contributed by atoms with Gasteiger partial charge in [-0.3, -0.25) is 4.79 Å². The van der Waals surface area contributed by atoms with E-state index in [1.165, 1.54) is 12.8 Å². The first-order chi connectivity index (χ1) is 11.1. The second-order valence-electron chi connectivity index (χ2n) is 7.00. The Balaban J connectivity index is 1.59. The molecule has 23 heavy (non-hydrogen) atoms. The molecule has 5 nitrogen and oxygen atoms in total. The lowest BCUT2D eigenvalue weighted by Gasteiger charge is -2.23. The Morgan fingerprint density at radius 1 is 1.35 bits per heavy atom.